The quantitative estimate of drug-likeness (QED) is 0.816. The van der Waals surface area contributed by atoms with E-state index in [1.165, 1.54) is 6.07 Å². The number of hydrogen-bond donors (Lipinski definition) is 1. The van der Waals surface area contributed by atoms with Gasteiger partial charge in [0.2, 0.25) is 0 Å². The Bertz CT molecular complexity index is 370. The lowest BCUT2D eigenvalue weighted by Crippen LogP contribution is -1.99. The van der Waals surface area contributed by atoms with E-state index in [4.69, 9.17) is 5.11 Å². The van der Waals surface area contributed by atoms with Crippen molar-refractivity contribution in [1.82, 2.24) is 0 Å². The minimum absolute atomic E-state index is 0.0728. The fourth-order valence-corrected chi connectivity index (χ4v) is 1.21. The second kappa shape index (κ2) is 5.03. The molecule has 0 aliphatic carbocycles. The van der Waals surface area contributed by atoms with Crippen molar-refractivity contribution >= 4 is 6.08 Å². The number of aliphatic hydroxyl groups excluding tert-OH is 1. The van der Waals surface area contributed by atoms with Gasteiger partial charge in [-0.05, 0) is 29.2 Å². The van der Waals surface area contributed by atoms with Crippen LogP contribution in [0.1, 0.15) is 19.4 Å². The van der Waals surface area contributed by atoms with Crippen molar-refractivity contribution in [2.24, 2.45) is 5.92 Å². The summed E-state index contributed by atoms with van der Waals surface area (Å²) in [5.41, 5.74) is 1.35. The molecule has 0 radical (unpaired) electrons. The zero-order valence-electron chi connectivity index (χ0n) is 8.80. The average molecular weight is 212 g/mol. The van der Waals surface area contributed by atoms with E-state index >= 15 is 0 Å². The van der Waals surface area contributed by atoms with Crippen molar-refractivity contribution in [3.05, 3.63) is 41.0 Å². The summed E-state index contributed by atoms with van der Waals surface area (Å²) in [5.74, 6) is -1.55. The molecule has 1 rings (SSSR count). The minimum Gasteiger partial charge on any atom is -0.392 e. The van der Waals surface area contributed by atoms with Crippen LogP contribution < -0.4 is 0 Å². The maximum absolute atomic E-state index is 12.9. The Labute approximate surface area is 88.1 Å². The first-order chi connectivity index (χ1) is 7.04. The Balaban J connectivity index is 3.01. The van der Waals surface area contributed by atoms with Crippen molar-refractivity contribution in [2.75, 3.05) is 6.61 Å². The van der Waals surface area contributed by atoms with Crippen LogP contribution in [0.15, 0.2) is 23.8 Å². The fourth-order valence-electron chi connectivity index (χ4n) is 1.21. The second-order valence-electron chi connectivity index (χ2n) is 3.71. The normalized spacial score (nSPS) is 12.3. The van der Waals surface area contributed by atoms with Gasteiger partial charge in [0.15, 0.2) is 11.6 Å². The largest absolute Gasteiger partial charge is 0.392 e. The first-order valence-electron chi connectivity index (χ1n) is 4.81. The maximum atomic E-state index is 12.9. The van der Waals surface area contributed by atoms with Crippen LogP contribution in [0.4, 0.5) is 8.78 Å². The van der Waals surface area contributed by atoms with Crippen molar-refractivity contribution in [3.63, 3.8) is 0 Å². The molecule has 0 aliphatic rings. The lowest BCUT2D eigenvalue weighted by Gasteiger charge is -2.07. The second-order valence-corrected chi connectivity index (χ2v) is 3.71. The van der Waals surface area contributed by atoms with Crippen LogP contribution in [0.25, 0.3) is 6.08 Å². The predicted octanol–water partition coefficient (Wildman–Crippen LogP) is 3.00. The van der Waals surface area contributed by atoms with Gasteiger partial charge in [0.25, 0.3) is 0 Å². The van der Waals surface area contributed by atoms with E-state index in [1.807, 2.05) is 13.8 Å². The van der Waals surface area contributed by atoms with E-state index < -0.39 is 11.6 Å². The smallest absolute Gasteiger partial charge is 0.159 e. The molecule has 1 N–H and O–H groups in total. The summed E-state index contributed by atoms with van der Waals surface area (Å²) in [4.78, 5) is 0. The lowest BCUT2D eigenvalue weighted by molar-refractivity contribution is 0.320. The van der Waals surface area contributed by atoms with Crippen molar-refractivity contribution in [1.29, 1.82) is 0 Å². The van der Waals surface area contributed by atoms with Gasteiger partial charge in [-0.3, -0.25) is 0 Å². The third-order valence-corrected chi connectivity index (χ3v) is 2.22. The molecular weight excluding hydrogens is 198 g/mol. The Hall–Kier alpha value is -1.22. The number of aliphatic hydroxyl groups is 1. The fraction of sp³-hybridized carbons (Fsp3) is 0.333. The predicted molar refractivity (Wildman–Crippen MR) is 56.3 cm³/mol. The van der Waals surface area contributed by atoms with Gasteiger partial charge in [-0.2, -0.15) is 0 Å². The first-order valence-corrected chi connectivity index (χ1v) is 4.81. The number of rotatable bonds is 3. The zero-order valence-corrected chi connectivity index (χ0v) is 8.80. The molecule has 3 heteroatoms. The third-order valence-electron chi connectivity index (χ3n) is 2.22. The molecule has 0 unspecified atom stereocenters. The Morgan fingerprint density at radius 3 is 2.47 bits per heavy atom. The number of benzene rings is 1. The van der Waals surface area contributed by atoms with Crippen LogP contribution >= 0.6 is 0 Å². The molecule has 0 bridgehead atoms. The Kier molecular flexibility index (Phi) is 3.97. The standard InChI is InChI=1S/C12H14F2O/c1-8(2)10(7-15)5-9-3-4-11(13)12(14)6-9/h3-6,8,15H,7H2,1-2H3. The van der Waals surface area contributed by atoms with Crippen LogP contribution in [-0.2, 0) is 0 Å². The monoisotopic (exact) mass is 212 g/mol. The van der Waals surface area contributed by atoms with Gasteiger partial charge in [-0.1, -0.05) is 26.0 Å². The Morgan fingerprint density at radius 1 is 1.33 bits per heavy atom. The van der Waals surface area contributed by atoms with Gasteiger partial charge >= 0.3 is 0 Å². The van der Waals surface area contributed by atoms with Crippen molar-refractivity contribution in [2.45, 2.75) is 13.8 Å². The van der Waals surface area contributed by atoms with E-state index in [2.05, 4.69) is 0 Å². The van der Waals surface area contributed by atoms with Gasteiger partial charge < -0.3 is 5.11 Å². The van der Waals surface area contributed by atoms with Crippen molar-refractivity contribution < 1.29 is 13.9 Å². The molecule has 0 fully saturated rings. The van der Waals surface area contributed by atoms with E-state index in [-0.39, 0.29) is 12.5 Å². The highest BCUT2D eigenvalue weighted by Gasteiger charge is 2.04. The molecular formula is C12H14F2O. The third kappa shape index (κ3) is 3.13. The minimum atomic E-state index is -0.871. The van der Waals surface area contributed by atoms with Crippen LogP contribution in [0.3, 0.4) is 0 Å². The van der Waals surface area contributed by atoms with E-state index in [9.17, 15) is 8.78 Å². The topological polar surface area (TPSA) is 20.2 Å². The molecule has 0 heterocycles. The molecule has 1 aromatic rings. The first kappa shape index (κ1) is 11.9. The Morgan fingerprint density at radius 2 is 2.00 bits per heavy atom. The van der Waals surface area contributed by atoms with Crippen LogP contribution in [0.2, 0.25) is 0 Å². The van der Waals surface area contributed by atoms with Crippen LogP contribution in [0.5, 0.6) is 0 Å². The average Bonchev–Trinajstić information content (AvgIpc) is 2.19. The van der Waals surface area contributed by atoms with Gasteiger partial charge in [0.1, 0.15) is 0 Å². The molecule has 0 aliphatic heterocycles. The van der Waals surface area contributed by atoms with Gasteiger partial charge in [0.05, 0.1) is 6.61 Å². The van der Waals surface area contributed by atoms with E-state index in [0.29, 0.717) is 5.56 Å². The molecule has 0 aromatic heterocycles. The molecule has 1 aromatic carbocycles. The summed E-state index contributed by atoms with van der Waals surface area (Å²) >= 11 is 0. The summed E-state index contributed by atoms with van der Waals surface area (Å²) in [6.07, 6.45) is 1.67. The summed E-state index contributed by atoms with van der Waals surface area (Å²) in [7, 11) is 0. The summed E-state index contributed by atoms with van der Waals surface area (Å²) < 4.78 is 25.5. The molecule has 0 amide bonds. The molecule has 15 heavy (non-hydrogen) atoms. The van der Waals surface area contributed by atoms with Gasteiger partial charge in [-0.25, -0.2) is 8.78 Å². The highest BCUT2D eigenvalue weighted by molar-refractivity contribution is 5.53. The SMILES string of the molecule is CC(C)C(=Cc1ccc(F)c(F)c1)CO. The molecule has 1 nitrogen and oxygen atoms in total. The molecule has 0 saturated carbocycles. The summed E-state index contributed by atoms with van der Waals surface area (Å²) in [6, 6.07) is 3.68. The molecule has 0 saturated heterocycles. The summed E-state index contributed by atoms with van der Waals surface area (Å²) in [6.45, 7) is 3.79. The zero-order chi connectivity index (χ0) is 11.4. The highest BCUT2D eigenvalue weighted by Crippen LogP contribution is 2.16. The molecule has 82 valence electrons. The lowest BCUT2D eigenvalue weighted by atomic mass is 10.0. The van der Waals surface area contributed by atoms with Crippen LogP contribution in [0, 0.1) is 17.6 Å². The molecule has 0 spiro atoms. The van der Waals surface area contributed by atoms with E-state index in [0.717, 1.165) is 17.7 Å². The highest BCUT2D eigenvalue weighted by atomic mass is 19.2. The van der Waals surface area contributed by atoms with Crippen LogP contribution in [-0.4, -0.2) is 11.7 Å². The van der Waals surface area contributed by atoms with Crippen molar-refractivity contribution in [3.8, 4) is 0 Å². The molecule has 0 atom stereocenters. The number of halogens is 2. The number of hydrogen-bond acceptors (Lipinski definition) is 1. The maximum Gasteiger partial charge on any atom is 0.159 e. The van der Waals surface area contributed by atoms with Gasteiger partial charge in [-0.15, -0.1) is 0 Å². The van der Waals surface area contributed by atoms with Gasteiger partial charge in [0, 0.05) is 0 Å². The summed E-state index contributed by atoms with van der Waals surface area (Å²) in [5, 5.41) is 9.05. The van der Waals surface area contributed by atoms with E-state index in [1.54, 1.807) is 6.08 Å².